The molecule has 0 amide bonds. The van der Waals surface area contributed by atoms with E-state index in [4.69, 9.17) is 28.4 Å². The van der Waals surface area contributed by atoms with Gasteiger partial charge in [-0.1, -0.05) is 6.07 Å². The quantitative estimate of drug-likeness (QED) is 0.707. The summed E-state index contributed by atoms with van der Waals surface area (Å²) in [6.45, 7) is 1.57. The Bertz CT molecular complexity index is 865. The standard InChI is InChI=1S/C23H28O6/c1-24-11-16-7-15-9-20(26-3)21(27-4)10-17(15)23(18(16)12-25-2)14-5-6-19-22(8-14)29-13-28-19/h5-6,8-10,16,18,23H,7,11-13H2,1-4H3/t16-,18-,23-/m0/s1. The number of ether oxygens (including phenoxy) is 6. The second kappa shape index (κ2) is 8.51. The highest BCUT2D eigenvalue weighted by Crippen LogP contribution is 2.48. The Morgan fingerprint density at radius 2 is 1.59 bits per heavy atom. The van der Waals surface area contributed by atoms with Gasteiger partial charge in [-0.25, -0.2) is 0 Å². The van der Waals surface area contributed by atoms with Crippen LogP contribution in [-0.2, 0) is 15.9 Å². The molecule has 4 rings (SSSR count). The van der Waals surface area contributed by atoms with E-state index in [2.05, 4.69) is 24.3 Å². The minimum Gasteiger partial charge on any atom is -0.493 e. The lowest BCUT2D eigenvalue weighted by Gasteiger charge is -2.40. The van der Waals surface area contributed by atoms with Crippen LogP contribution in [0.15, 0.2) is 30.3 Å². The monoisotopic (exact) mass is 400 g/mol. The summed E-state index contributed by atoms with van der Waals surface area (Å²) in [6, 6.07) is 10.4. The lowest BCUT2D eigenvalue weighted by Crippen LogP contribution is -2.36. The Morgan fingerprint density at radius 1 is 0.862 bits per heavy atom. The maximum Gasteiger partial charge on any atom is 0.231 e. The zero-order valence-electron chi connectivity index (χ0n) is 17.4. The van der Waals surface area contributed by atoms with E-state index in [1.807, 2.05) is 6.07 Å². The van der Waals surface area contributed by atoms with E-state index in [1.165, 1.54) is 16.7 Å². The van der Waals surface area contributed by atoms with Crippen molar-refractivity contribution in [2.24, 2.45) is 11.8 Å². The molecule has 0 bridgehead atoms. The van der Waals surface area contributed by atoms with Gasteiger partial charge < -0.3 is 28.4 Å². The third kappa shape index (κ3) is 3.63. The summed E-state index contributed by atoms with van der Waals surface area (Å²) in [7, 11) is 6.85. The molecule has 3 atom stereocenters. The van der Waals surface area contributed by atoms with E-state index >= 15 is 0 Å². The average molecular weight is 400 g/mol. The number of rotatable bonds is 7. The van der Waals surface area contributed by atoms with Gasteiger partial charge >= 0.3 is 0 Å². The molecule has 0 radical (unpaired) electrons. The van der Waals surface area contributed by atoms with Crippen LogP contribution >= 0.6 is 0 Å². The number of benzene rings is 2. The molecule has 0 unspecified atom stereocenters. The van der Waals surface area contributed by atoms with Crippen LogP contribution in [0.2, 0.25) is 0 Å². The van der Waals surface area contributed by atoms with Crippen LogP contribution in [0.1, 0.15) is 22.6 Å². The van der Waals surface area contributed by atoms with Gasteiger partial charge in [0.25, 0.3) is 0 Å². The molecule has 2 aromatic carbocycles. The molecule has 0 saturated carbocycles. The third-order valence-corrected chi connectivity index (χ3v) is 5.99. The van der Waals surface area contributed by atoms with E-state index < -0.39 is 0 Å². The van der Waals surface area contributed by atoms with Gasteiger partial charge in [-0.15, -0.1) is 0 Å². The fourth-order valence-electron chi connectivity index (χ4n) is 4.69. The maximum absolute atomic E-state index is 5.65. The largest absolute Gasteiger partial charge is 0.493 e. The lowest BCUT2D eigenvalue weighted by molar-refractivity contribution is 0.0565. The highest BCUT2D eigenvalue weighted by Gasteiger charge is 2.39. The van der Waals surface area contributed by atoms with Crippen molar-refractivity contribution in [3.63, 3.8) is 0 Å². The van der Waals surface area contributed by atoms with Crippen LogP contribution < -0.4 is 18.9 Å². The molecule has 6 heteroatoms. The summed E-state index contributed by atoms with van der Waals surface area (Å²) in [5.74, 6) is 3.75. The zero-order valence-corrected chi connectivity index (χ0v) is 17.4. The maximum atomic E-state index is 5.65. The Kier molecular flexibility index (Phi) is 5.83. The van der Waals surface area contributed by atoms with Crippen LogP contribution in [0.5, 0.6) is 23.0 Å². The first-order chi connectivity index (χ1) is 14.2. The summed E-state index contributed by atoms with van der Waals surface area (Å²) in [4.78, 5) is 0. The number of methoxy groups -OCH3 is 4. The Morgan fingerprint density at radius 3 is 2.31 bits per heavy atom. The molecule has 156 valence electrons. The molecule has 0 fully saturated rings. The van der Waals surface area contributed by atoms with E-state index in [0.717, 1.165) is 29.4 Å². The molecular weight excluding hydrogens is 372 g/mol. The predicted molar refractivity (Wildman–Crippen MR) is 108 cm³/mol. The normalized spacial score (nSPS) is 22.3. The van der Waals surface area contributed by atoms with Gasteiger partial charge in [0.2, 0.25) is 6.79 Å². The van der Waals surface area contributed by atoms with Crippen LogP contribution in [0.3, 0.4) is 0 Å². The van der Waals surface area contributed by atoms with Crippen molar-refractivity contribution in [1.82, 2.24) is 0 Å². The van der Waals surface area contributed by atoms with Gasteiger partial charge in [-0.05, 0) is 59.2 Å². The highest BCUT2D eigenvalue weighted by molar-refractivity contribution is 5.54. The van der Waals surface area contributed by atoms with Crippen LogP contribution in [0.4, 0.5) is 0 Å². The van der Waals surface area contributed by atoms with E-state index in [-0.39, 0.29) is 18.6 Å². The van der Waals surface area contributed by atoms with Crippen molar-refractivity contribution in [3.05, 3.63) is 47.0 Å². The molecule has 1 aliphatic heterocycles. The van der Waals surface area contributed by atoms with Crippen molar-refractivity contribution in [1.29, 1.82) is 0 Å². The minimum atomic E-state index is 0.119. The van der Waals surface area contributed by atoms with Crippen molar-refractivity contribution in [2.45, 2.75) is 12.3 Å². The van der Waals surface area contributed by atoms with Gasteiger partial charge in [0.05, 0.1) is 20.8 Å². The van der Waals surface area contributed by atoms with E-state index in [1.54, 1.807) is 28.4 Å². The molecule has 6 nitrogen and oxygen atoms in total. The van der Waals surface area contributed by atoms with Gasteiger partial charge in [0.1, 0.15) is 0 Å². The first kappa shape index (κ1) is 19.9. The second-order valence-electron chi connectivity index (χ2n) is 7.54. The molecule has 1 heterocycles. The summed E-state index contributed by atoms with van der Waals surface area (Å²) in [5.41, 5.74) is 3.65. The van der Waals surface area contributed by atoms with Crippen molar-refractivity contribution in [2.75, 3.05) is 48.4 Å². The van der Waals surface area contributed by atoms with Crippen molar-refractivity contribution >= 4 is 0 Å². The first-order valence-electron chi connectivity index (χ1n) is 9.82. The molecule has 0 N–H and O–H groups in total. The SMILES string of the molecule is COC[C@@H]1Cc2cc(OC)c(OC)cc2[C@H](c2ccc3c(c2)OCO3)[C@H]1COC. The van der Waals surface area contributed by atoms with Crippen LogP contribution in [0, 0.1) is 11.8 Å². The molecule has 0 spiro atoms. The number of fused-ring (bicyclic) bond motifs is 2. The Hall–Kier alpha value is -2.44. The Balaban J connectivity index is 1.86. The Labute approximate surface area is 171 Å². The smallest absolute Gasteiger partial charge is 0.231 e. The lowest BCUT2D eigenvalue weighted by atomic mass is 9.67. The predicted octanol–water partition coefficient (Wildman–Crippen LogP) is 3.65. The molecule has 0 saturated heterocycles. The van der Waals surface area contributed by atoms with E-state index in [0.29, 0.717) is 19.1 Å². The highest BCUT2D eigenvalue weighted by atomic mass is 16.7. The molecule has 29 heavy (non-hydrogen) atoms. The molecule has 0 aromatic heterocycles. The average Bonchev–Trinajstić information content (AvgIpc) is 3.21. The topological polar surface area (TPSA) is 55.4 Å². The van der Waals surface area contributed by atoms with Crippen LogP contribution in [-0.4, -0.2) is 48.4 Å². The fourth-order valence-corrected chi connectivity index (χ4v) is 4.69. The molecular formula is C23H28O6. The van der Waals surface area contributed by atoms with Gasteiger partial charge in [0, 0.05) is 26.7 Å². The summed E-state index contributed by atoms with van der Waals surface area (Å²) >= 11 is 0. The number of hydrogen-bond donors (Lipinski definition) is 0. The number of hydrogen-bond acceptors (Lipinski definition) is 6. The van der Waals surface area contributed by atoms with Gasteiger partial charge in [-0.2, -0.15) is 0 Å². The summed E-state index contributed by atoms with van der Waals surface area (Å²) in [5, 5.41) is 0. The summed E-state index contributed by atoms with van der Waals surface area (Å²) < 4.78 is 33.5. The summed E-state index contributed by atoms with van der Waals surface area (Å²) in [6.07, 6.45) is 0.901. The molecule has 2 aromatic rings. The first-order valence-corrected chi connectivity index (χ1v) is 9.82. The van der Waals surface area contributed by atoms with Crippen molar-refractivity contribution < 1.29 is 28.4 Å². The van der Waals surface area contributed by atoms with Gasteiger partial charge in [-0.3, -0.25) is 0 Å². The van der Waals surface area contributed by atoms with E-state index in [9.17, 15) is 0 Å². The zero-order chi connectivity index (χ0) is 20.4. The van der Waals surface area contributed by atoms with Crippen LogP contribution in [0.25, 0.3) is 0 Å². The van der Waals surface area contributed by atoms with Crippen molar-refractivity contribution in [3.8, 4) is 23.0 Å². The van der Waals surface area contributed by atoms with Gasteiger partial charge in [0.15, 0.2) is 23.0 Å². The molecule has 1 aliphatic carbocycles. The second-order valence-corrected chi connectivity index (χ2v) is 7.54. The fraction of sp³-hybridized carbons (Fsp3) is 0.478. The minimum absolute atomic E-state index is 0.119. The molecule has 2 aliphatic rings. The third-order valence-electron chi connectivity index (χ3n) is 5.99.